The number of rotatable bonds is 5. The van der Waals surface area contributed by atoms with Crippen LogP contribution in [0.5, 0.6) is 0 Å². The van der Waals surface area contributed by atoms with Crippen molar-refractivity contribution >= 4 is 11.7 Å². The maximum absolute atomic E-state index is 10.8. The van der Waals surface area contributed by atoms with Crippen molar-refractivity contribution in [1.29, 1.82) is 0 Å². The van der Waals surface area contributed by atoms with Crippen molar-refractivity contribution in [3.05, 3.63) is 65.2 Å². The number of hydrogen-bond donors (Lipinski definition) is 2. The van der Waals surface area contributed by atoms with Gasteiger partial charge in [0.05, 0.1) is 5.56 Å². The van der Waals surface area contributed by atoms with E-state index >= 15 is 0 Å². The summed E-state index contributed by atoms with van der Waals surface area (Å²) >= 11 is 0. The largest absolute Gasteiger partial charge is 0.478 e. The third-order valence-corrected chi connectivity index (χ3v) is 3.66. The predicted octanol–water partition coefficient (Wildman–Crippen LogP) is 3.87. The topological polar surface area (TPSA) is 49.3 Å². The summed E-state index contributed by atoms with van der Waals surface area (Å²) in [5.41, 5.74) is 3.92. The number of anilines is 1. The van der Waals surface area contributed by atoms with Gasteiger partial charge in [-0.1, -0.05) is 24.3 Å². The highest BCUT2D eigenvalue weighted by Gasteiger charge is 2.22. The molecule has 0 radical (unpaired) electrons. The highest BCUT2D eigenvalue weighted by Crippen LogP contribution is 2.39. The second kappa shape index (κ2) is 5.37. The molecule has 3 rings (SSSR count). The maximum Gasteiger partial charge on any atom is 0.335 e. The lowest BCUT2D eigenvalue weighted by Crippen LogP contribution is -2.01. The average Bonchev–Trinajstić information content (AvgIpc) is 3.31. The van der Waals surface area contributed by atoms with E-state index in [9.17, 15) is 4.79 Å². The van der Waals surface area contributed by atoms with Crippen molar-refractivity contribution in [2.24, 2.45) is 0 Å². The highest BCUT2D eigenvalue weighted by molar-refractivity contribution is 5.87. The van der Waals surface area contributed by atoms with Crippen molar-refractivity contribution in [1.82, 2.24) is 0 Å². The third kappa shape index (κ3) is 2.99. The molecule has 1 fully saturated rings. The number of hydrogen-bond acceptors (Lipinski definition) is 2. The van der Waals surface area contributed by atoms with Crippen molar-refractivity contribution in [2.45, 2.75) is 25.3 Å². The van der Waals surface area contributed by atoms with Crippen LogP contribution in [0.1, 0.15) is 40.2 Å². The normalized spacial score (nSPS) is 14.0. The second-order valence-corrected chi connectivity index (χ2v) is 5.25. The Kier molecular flexibility index (Phi) is 3.42. The fourth-order valence-corrected chi connectivity index (χ4v) is 2.26. The molecule has 20 heavy (non-hydrogen) atoms. The van der Waals surface area contributed by atoms with Gasteiger partial charge in [-0.3, -0.25) is 0 Å². The molecule has 0 aliphatic heterocycles. The Morgan fingerprint density at radius 2 is 1.70 bits per heavy atom. The van der Waals surface area contributed by atoms with Crippen LogP contribution < -0.4 is 5.32 Å². The highest BCUT2D eigenvalue weighted by atomic mass is 16.4. The van der Waals surface area contributed by atoms with Gasteiger partial charge in [-0.2, -0.15) is 0 Å². The zero-order valence-electron chi connectivity index (χ0n) is 11.2. The SMILES string of the molecule is O=C(O)c1ccc(NCc2ccc(C3CC3)cc2)cc1. The molecular weight excluding hydrogens is 250 g/mol. The average molecular weight is 267 g/mol. The minimum absolute atomic E-state index is 0.310. The van der Waals surface area contributed by atoms with Crippen molar-refractivity contribution in [3.63, 3.8) is 0 Å². The molecule has 3 heteroatoms. The Morgan fingerprint density at radius 1 is 1.05 bits per heavy atom. The van der Waals surface area contributed by atoms with Crippen LogP contribution in [0, 0.1) is 0 Å². The van der Waals surface area contributed by atoms with Crippen LogP contribution in [0.4, 0.5) is 5.69 Å². The molecule has 3 nitrogen and oxygen atoms in total. The molecule has 0 spiro atoms. The molecule has 2 aromatic carbocycles. The van der Waals surface area contributed by atoms with E-state index in [2.05, 4.69) is 29.6 Å². The summed E-state index contributed by atoms with van der Waals surface area (Å²) in [4.78, 5) is 10.8. The minimum Gasteiger partial charge on any atom is -0.478 e. The lowest BCUT2D eigenvalue weighted by atomic mass is 10.1. The molecule has 0 amide bonds. The summed E-state index contributed by atoms with van der Waals surface area (Å²) < 4.78 is 0. The van der Waals surface area contributed by atoms with E-state index in [0.29, 0.717) is 5.56 Å². The first kappa shape index (κ1) is 12.7. The van der Waals surface area contributed by atoms with E-state index < -0.39 is 5.97 Å². The first-order valence-electron chi connectivity index (χ1n) is 6.88. The van der Waals surface area contributed by atoms with Crippen LogP contribution >= 0.6 is 0 Å². The van der Waals surface area contributed by atoms with Gasteiger partial charge in [0.15, 0.2) is 0 Å². The van der Waals surface area contributed by atoms with Gasteiger partial charge in [0.1, 0.15) is 0 Å². The third-order valence-electron chi connectivity index (χ3n) is 3.66. The van der Waals surface area contributed by atoms with Crippen LogP contribution in [0.15, 0.2) is 48.5 Å². The molecule has 0 bridgehead atoms. The van der Waals surface area contributed by atoms with Gasteiger partial charge >= 0.3 is 5.97 Å². The van der Waals surface area contributed by atoms with Crippen molar-refractivity contribution in [2.75, 3.05) is 5.32 Å². The van der Waals surface area contributed by atoms with Crippen LogP contribution in [-0.4, -0.2) is 11.1 Å². The summed E-state index contributed by atoms with van der Waals surface area (Å²) in [6, 6.07) is 15.6. The number of aromatic carboxylic acids is 1. The van der Waals surface area contributed by atoms with Crippen LogP contribution in [0.3, 0.4) is 0 Å². The smallest absolute Gasteiger partial charge is 0.335 e. The fourth-order valence-electron chi connectivity index (χ4n) is 2.26. The summed E-state index contributed by atoms with van der Waals surface area (Å²) in [7, 11) is 0. The predicted molar refractivity (Wildman–Crippen MR) is 79.1 cm³/mol. The van der Waals surface area contributed by atoms with E-state index in [1.54, 1.807) is 24.3 Å². The van der Waals surface area contributed by atoms with Crippen molar-refractivity contribution < 1.29 is 9.90 Å². The van der Waals surface area contributed by atoms with Crippen LogP contribution in [0.2, 0.25) is 0 Å². The fraction of sp³-hybridized carbons (Fsp3) is 0.235. The molecule has 0 unspecified atom stereocenters. The van der Waals surface area contributed by atoms with Gasteiger partial charge < -0.3 is 10.4 Å². The molecule has 2 aromatic rings. The van der Waals surface area contributed by atoms with Crippen molar-refractivity contribution in [3.8, 4) is 0 Å². The van der Waals surface area contributed by atoms with Crippen LogP contribution in [-0.2, 0) is 6.54 Å². The van der Waals surface area contributed by atoms with E-state index in [1.807, 2.05) is 0 Å². The first-order chi connectivity index (χ1) is 9.72. The molecule has 0 heterocycles. The van der Waals surface area contributed by atoms with E-state index in [0.717, 1.165) is 18.2 Å². The molecule has 1 aliphatic carbocycles. The molecule has 0 atom stereocenters. The van der Waals surface area contributed by atoms with Gasteiger partial charge in [0, 0.05) is 12.2 Å². The van der Waals surface area contributed by atoms with Gasteiger partial charge in [-0.15, -0.1) is 0 Å². The molecule has 1 saturated carbocycles. The number of carboxylic acid groups (broad SMARTS) is 1. The van der Waals surface area contributed by atoms with Gasteiger partial charge in [0.2, 0.25) is 0 Å². The summed E-state index contributed by atoms with van der Waals surface area (Å²) in [5, 5.41) is 12.1. The van der Waals surface area contributed by atoms with E-state index in [-0.39, 0.29) is 0 Å². The first-order valence-corrected chi connectivity index (χ1v) is 6.88. The Labute approximate surface area is 118 Å². The molecule has 0 aromatic heterocycles. The van der Waals surface area contributed by atoms with E-state index in [1.165, 1.54) is 24.0 Å². The molecular formula is C17H17NO2. The Bertz CT molecular complexity index is 598. The Morgan fingerprint density at radius 3 is 2.25 bits per heavy atom. The molecule has 0 saturated heterocycles. The number of carbonyl (C=O) groups is 1. The quantitative estimate of drug-likeness (QED) is 0.864. The maximum atomic E-state index is 10.8. The van der Waals surface area contributed by atoms with Crippen LogP contribution in [0.25, 0.3) is 0 Å². The number of carboxylic acids is 1. The number of nitrogens with one attached hydrogen (secondary N) is 1. The summed E-state index contributed by atoms with van der Waals surface area (Å²) in [6.07, 6.45) is 2.65. The Hall–Kier alpha value is -2.29. The van der Waals surface area contributed by atoms with Gasteiger partial charge in [-0.05, 0) is 54.2 Å². The summed E-state index contributed by atoms with van der Waals surface area (Å²) in [5.74, 6) is -0.104. The lowest BCUT2D eigenvalue weighted by molar-refractivity contribution is 0.0697. The zero-order valence-corrected chi connectivity index (χ0v) is 11.2. The molecule has 1 aliphatic rings. The van der Waals surface area contributed by atoms with E-state index in [4.69, 9.17) is 5.11 Å². The lowest BCUT2D eigenvalue weighted by Gasteiger charge is -2.07. The minimum atomic E-state index is -0.896. The van der Waals surface area contributed by atoms with Gasteiger partial charge in [-0.25, -0.2) is 4.79 Å². The zero-order chi connectivity index (χ0) is 13.9. The summed E-state index contributed by atoms with van der Waals surface area (Å²) in [6.45, 7) is 0.747. The standard InChI is InChI=1S/C17H17NO2/c19-17(20)15-7-9-16(10-8-15)18-11-12-1-3-13(4-2-12)14-5-6-14/h1-4,7-10,14,18H,5-6,11H2,(H,19,20). The molecule has 2 N–H and O–H groups in total. The van der Waals surface area contributed by atoms with Gasteiger partial charge in [0.25, 0.3) is 0 Å². The monoisotopic (exact) mass is 267 g/mol. The molecule has 102 valence electrons. The number of benzene rings is 2. The Balaban J connectivity index is 1.59. The second-order valence-electron chi connectivity index (χ2n) is 5.25.